The van der Waals surface area contributed by atoms with Crippen LogP contribution < -0.4 is 14.2 Å². The van der Waals surface area contributed by atoms with E-state index in [-0.39, 0.29) is 23.9 Å². The van der Waals surface area contributed by atoms with Gasteiger partial charge in [0, 0.05) is 5.56 Å². The molecule has 1 aliphatic carbocycles. The second kappa shape index (κ2) is 5.80. The number of fused-ring (bicyclic) bond motifs is 3. The Morgan fingerprint density at radius 1 is 1.18 bits per heavy atom. The number of carbonyl (C=O) groups excluding carboxylic acids is 1. The van der Waals surface area contributed by atoms with Crippen LogP contribution in [0.4, 0.5) is 0 Å². The van der Waals surface area contributed by atoms with Crippen molar-refractivity contribution < 1.29 is 23.7 Å². The third-order valence-electron chi connectivity index (χ3n) is 4.58. The summed E-state index contributed by atoms with van der Waals surface area (Å²) in [5, 5.41) is 0. The summed E-state index contributed by atoms with van der Waals surface area (Å²) in [6.45, 7) is 2.13. The van der Waals surface area contributed by atoms with E-state index in [0.29, 0.717) is 22.8 Å². The lowest BCUT2D eigenvalue weighted by Gasteiger charge is -2.18. The number of hydrogen-bond acceptors (Lipinski definition) is 5. The summed E-state index contributed by atoms with van der Waals surface area (Å²) in [4.78, 5) is 12.8. The van der Waals surface area contributed by atoms with E-state index in [2.05, 4.69) is 6.92 Å². The lowest BCUT2D eigenvalue weighted by molar-refractivity contribution is 0.0336. The van der Waals surface area contributed by atoms with Crippen molar-refractivity contribution in [2.45, 2.75) is 38.4 Å². The number of rotatable bonds is 5. The van der Waals surface area contributed by atoms with E-state index in [1.54, 1.807) is 21.3 Å². The van der Waals surface area contributed by atoms with Gasteiger partial charge in [0.05, 0.1) is 45.0 Å². The maximum Gasteiger partial charge on any atom is 0.204 e. The minimum Gasteiger partial charge on any atom is -0.493 e. The molecule has 0 unspecified atom stereocenters. The van der Waals surface area contributed by atoms with E-state index in [0.717, 1.165) is 24.8 Å². The van der Waals surface area contributed by atoms with Crippen LogP contribution >= 0.6 is 0 Å². The minimum atomic E-state index is -0.187. The van der Waals surface area contributed by atoms with Gasteiger partial charge >= 0.3 is 0 Å². The highest BCUT2D eigenvalue weighted by molar-refractivity contribution is 6.06. The maximum absolute atomic E-state index is 12.8. The summed E-state index contributed by atoms with van der Waals surface area (Å²) in [5.74, 6) is 1.46. The van der Waals surface area contributed by atoms with Crippen molar-refractivity contribution in [1.29, 1.82) is 0 Å². The van der Waals surface area contributed by atoms with Gasteiger partial charge in [-0.3, -0.25) is 4.79 Å². The molecule has 120 valence electrons. The van der Waals surface area contributed by atoms with E-state index in [1.807, 2.05) is 6.07 Å². The summed E-state index contributed by atoms with van der Waals surface area (Å²) in [5.41, 5.74) is 1.45. The zero-order valence-corrected chi connectivity index (χ0v) is 13.5. The van der Waals surface area contributed by atoms with E-state index in [1.165, 1.54) is 0 Å². The van der Waals surface area contributed by atoms with Gasteiger partial charge in [-0.15, -0.1) is 0 Å². The van der Waals surface area contributed by atoms with Crippen molar-refractivity contribution in [2.75, 3.05) is 21.3 Å². The molecule has 2 aliphatic rings. The predicted octanol–water partition coefficient (Wildman–Crippen LogP) is 3.16. The Kier molecular flexibility index (Phi) is 4.00. The molecule has 1 aliphatic heterocycles. The highest BCUT2D eigenvalue weighted by Gasteiger charge is 2.49. The van der Waals surface area contributed by atoms with Gasteiger partial charge < -0.3 is 18.9 Å². The topological polar surface area (TPSA) is 54.0 Å². The molecule has 0 radical (unpaired) electrons. The van der Waals surface area contributed by atoms with Crippen molar-refractivity contribution in [3.8, 4) is 17.2 Å². The molecule has 22 heavy (non-hydrogen) atoms. The molecule has 0 aromatic heterocycles. The molecule has 1 aromatic carbocycles. The molecule has 0 N–H and O–H groups in total. The first kappa shape index (κ1) is 15.2. The van der Waals surface area contributed by atoms with Crippen molar-refractivity contribution in [1.82, 2.24) is 0 Å². The number of Topliss-reactive ketones (excluding diaryl/α,β-unsaturated/α-hetero) is 1. The molecule has 1 fully saturated rings. The monoisotopic (exact) mass is 306 g/mol. The van der Waals surface area contributed by atoms with Crippen molar-refractivity contribution in [2.24, 2.45) is 5.92 Å². The van der Waals surface area contributed by atoms with Crippen molar-refractivity contribution in [3.05, 3.63) is 17.2 Å². The lowest BCUT2D eigenvalue weighted by atomic mass is 9.97. The summed E-state index contributed by atoms with van der Waals surface area (Å²) in [7, 11) is 4.66. The van der Waals surface area contributed by atoms with Crippen LogP contribution in [0.5, 0.6) is 17.2 Å². The van der Waals surface area contributed by atoms with E-state index >= 15 is 0 Å². The third kappa shape index (κ3) is 2.07. The van der Waals surface area contributed by atoms with Crippen LogP contribution in [0, 0.1) is 5.92 Å². The first-order chi connectivity index (χ1) is 10.7. The van der Waals surface area contributed by atoms with Gasteiger partial charge in [-0.05, 0) is 18.9 Å². The molecule has 1 saturated heterocycles. The normalized spacial score (nSPS) is 25.8. The molecule has 3 rings (SSSR count). The number of ketones is 1. The fraction of sp³-hybridized carbons (Fsp3) is 0.588. The molecule has 1 heterocycles. The predicted molar refractivity (Wildman–Crippen MR) is 81.1 cm³/mol. The van der Waals surface area contributed by atoms with Gasteiger partial charge in [-0.1, -0.05) is 13.3 Å². The number of hydrogen-bond donors (Lipinski definition) is 0. The van der Waals surface area contributed by atoms with Crippen LogP contribution in [0.25, 0.3) is 0 Å². The zero-order valence-electron chi connectivity index (χ0n) is 13.5. The fourth-order valence-electron chi connectivity index (χ4n) is 3.65. The molecule has 0 amide bonds. The Hall–Kier alpha value is -1.75. The smallest absolute Gasteiger partial charge is 0.204 e. The molecule has 5 nitrogen and oxygen atoms in total. The van der Waals surface area contributed by atoms with Gasteiger partial charge in [-0.25, -0.2) is 0 Å². The lowest BCUT2D eigenvalue weighted by Crippen LogP contribution is -2.11. The number of ether oxygens (including phenoxy) is 4. The Balaban J connectivity index is 2.08. The zero-order chi connectivity index (χ0) is 15.9. The average Bonchev–Trinajstić information content (AvgIpc) is 3.05. The molecule has 3 atom stereocenters. The maximum atomic E-state index is 12.8. The summed E-state index contributed by atoms with van der Waals surface area (Å²) in [6, 6.07) is 1.85. The number of methoxy groups -OCH3 is 3. The molecule has 0 saturated carbocycles. The van der Waals surface area contributed by atoms with Crippen LogP contribution in [-0.4, -0.2) is 33.2 Å². The summed E-state index contributed by atoms with van der Waals surface area (Å²) >= 11 is 0. The quantitative estimate of drug-likeness (QED) is 0.836. The Bertz CT molecular complexity index is 595. The highest BCUT2D eigenvalue weighted by atomic mass is 16.5. The Morgan fingerprint density at radius 3 is 2.50 bits per heavy atom. The second-order valence-corrected chi connectivity index (χ2v) is 5.78. The largest absolute Gasteiger partial charge is 0.493 e. The van der Waals surface area contributed by atoms with Crippen molar-refractivity contribution in [3.63, 3.8) is 0 Å². The molecular weight excluding hydrogens is 284 g/mol. The molecular formula is C17H22O5. The molecule has 5 heteroatoms. The van der Waals surface area contributed by atoms with Crippen molar-refractivity contribution >= 4 is 5.78 Å². The number of benzene rings is 1. The molecule has 1 aromatic rings. The summed E-state index contributed by atoms with van der Waals surface area (Å²) < 4.78 is 22.3. The summed E-state index contributed by atoms with van der Waals surface area (Å²) in [6.07, 6.45) is 2.80. The fourth-order valence-corrected chi connectivity index (χ4v) is 3.65. The van der Waals surface area contributed by atoms with E-state index in [4.69, 9.17) is 18.9 Å². The standard InChI is InChI=1S/C17H22O5/c1-5-6-9-7-11-14(18)13-10(15(11)22-9)8-12(19-2)16(20-3)17(13)21-4/h8-9,11,15H,5-7H2,1-4H3/t9-,11-,15+/m0/s1. The van der Waals surface area contributed by atoms with Crippen LogP contribution in [0.15, 0.2) is 6.07 Å². The average molecular weight is 306 g/mol. The SMILES string of the molecule is CCC[C@H]1C[C@H]2C(=O)c3c(cc(OC)c(OC)c3OC)[C@H]2O1. The van der Waals surface area contributed by atoms with E-state index in [9.17, 15) is 4.79 Å². The van der Waals surface area contributed by atoms with Crippen LogP contribution in [-0.2, 0) is 4.74 Å². The van der Waals surface area contributed by atoms with Gasteiger partial charge in [0.1, 0.15) is 0 Å². The van der Waals surface area contributed by atoms with Gasteiger partial charge in [0.25, 0.3) is 0 Å². The van der Waals surface area contributed by atoms with Gasteiger partial charge in [0.15, 0.2) is 17.3 Å². The molecule has 0 bridgehead atoms. The molecule has 0 spiro atoms. The Morgan fingerprint density at radius 2 is 1.91 bits per heavy atom. The first-order valence-corrected chi connectivity index (χ1v) is 7.68. The van der Waals surface area contributed by atoms with Crippen LogP contribution in [0.3, 0.4) is 0 Å². The van der Waals surface area contributed by atoms with Gasteiger partial charge in [-0.2, -0.15) is 0 Å². The van der Waals surface area contributed by atoms with Crippen LogP contribution in [0.1, 0.15) is 48.2 Å². The van der Waals surface area contributed by atoms with E-state index < -0.39 is 0 Å². The van der Waals surface area contributed by atoms with Gasteiger partial charge in [0.2, 0.25) is 5.75 Å². The number of carbonyl (C=O) groups is 1. The Labute approximate surface area is 130 Å². The second-order valence-electron chi connectivity index (χ2n) is 5.78. The third-order valence-corrected chi connectivity index (χ3v) is 4.58. The minimum absolute atomic E-state index is 0.0939. The first-order valence-electron chi connectivity index (χ1n) is 7.68. The van der Waals surface area contributed by atoms with Crippen LogP contribution in [0.2, 0.25) is 0 Å². The highest BCUT2D eigenvalue weighted by Crippen LogP contribution is 2.54.